The molecule has 2 aromatic heterocycles. The minimum atomic E-state index is 0.488. The Bertz CT molecular complexity index is 1110. The van der Waals surface area contributed by atoms with Crippen molar-refractivity contribution in [3.63, 3.8) is 0 Å². The third kappa shape index (κ3) is 3.38. The zero-order chi connectivity index (χ0) is 19.0. The molecule has 4 rings (SSSR count). The Hall–Kier alpha value is -2.92. The first-order valence-electron chi connectivity index (χ1n) is 9.08. The van der Waals surface area contributed by atoms with Crippen LogP contribution in [-0.4, -0.2) is 26.4 Å². The molecule has 0 aliphatic rings. The maximum atomic E-state index is 5.41. The van der Waals surface area contributed by atoms with Gasteiger partial charge in [0.2, 0.25) is 0 Å². The summed E-state index contributed by atoms with van der Waals surface area (Å²) in [7, 11) is 3.64. The standard InChI is InChI=1S/C22H24N4O/c1-15-5-6-16(2)18(9-15)13-26-21-10-17(19-11-23-25(3)12-19)7-8-20(21)24-22(26)14-27-4/h5-12H,13-14H2,1-4H3. The summed E-state index contributed by atoms with van der Waals surface area (Å²) in [5.41, 5.74) is 8.20. The molecule has 0 unspecified atom stereocenters. The first-order valence-corrected chi connectivity index (χ1v) is 9.08. The largest absolute Gasteiger partial charge is 0.377 e. The number of aromatic nitrogens is 4. The Morgan fingerprint density at radius 2 is 1.89 bits per heavy atom. The van der Waals surface area contributed by atoms with Gasteiger partial charge in [-0.15, -0.1) is 0 Å². The van der Waals surface area contributed by atoms with E-state index in [1.807, 2.05) is 24.1 Å². The molecule has 138 valence electrons. The van der Waals surface area contributed by atoms with Gasteiger partial charge in [0.1, 0.15) is 12.4 Å². The van der Waals surface area contributed by atoms with Gasteiger partial charge < -0.3 is 9.30 Å². The van der Waals surface area contributed by atoms with E-state index in [0.29, 0.717) is 6.61 Å². The lowest BCUT2D eigenvalue weighted by atomic mass is 10.1. The molecule has 2 heterocycles. The van der Waals surface area contributed by atoms with Crippen molar-refractivity contribution >= 4 is 11.0 Å². The molecule has 0 aliphatic heterocycles. The number of aryl methyl sites for hydroxylation is 3. The Morgan fingerprint density at radius 3 is 2.63 bits per heavy atom. The van der Waals surface area contributed by atoms with Gasteiger partial charge in [-0.1, -0.05) is 29.8 Å². The second-order valence-electron chi connectivity index (χ2n) is 7.08. The maximum absolute atomic E-state index is 5.41. The van der Waals surface area contributed by atoms with Crippen molar-refractivity contribution in [1.29, 1.82) is 0 Å². The molecule has 0 fully saturated rings. The van der Waals surface area contributed by atoms with Crippen molar-refractivity contribution in [1.82, 2.24) is 19.3 Å². The van der Waals surface area contributed by atoms with E-state index in [2.05, 4.69) is 59.9 Å². The number of benzene rings is 2. The number of rotatable bonds is 5. The lowest BCUT2D eigenvalue weighted by Gasteiger charge is -2.12. The summed E-state index contributed by atoms with van der Waals surface area (Å²) in [5, 5.41) is 4.29. The highest BCUT2D eigenvalue weighted by atomic mass is 16.5. The van der Waals surface area contributed by atoms with Crippen LogP contribution in [0, 0.1) is 13.8 Å². The smallest absolute Gasteiger partial charge is 0.136 e. The zero-order valence-electron chi connectivity index (χ0n) is 16.2. The molecule has 0 atom stereocenters. The summed E-state index contributed by atoms with van der Waals surface area (Å²) in [6, 6.07) is 13.0. The number of hydrogen-bond donors (Lipinski definition) is 0. The van der Waals surface area contributed by atoms with Crippen LogP contribution < -0.4 is 0 Å². The van der Waals surface area contributed by atoms with Crippen LogP contribution in [0.5, 0.6) is 0 Å². The van der Waals surface area contributed by atoms with Gasteiger partial charge in [-0.3, -0.25) is 4.68 Å². The number of methoxy groups -OCH3 is 1. The molecule has 27 heavy (non-hydrogen) atoms. The second-order valence-corrected chi connectivity index (χ2v) is 7.08. The van der Waals surface area contributed by atoms with E-state index in [1.165, 1.54) is 16.7 Å². The van der Waals surface area contributed by atoms with E-state index in [1.54, 1.807) is 7.11 Å². The maximum Gasteiger partial charge on any atom is 0.136 e. The van der Waals surface area contributed by atoms with Crippen LogP contribution in [-0.2, 0) is 24.9 Å². The zero-order valence-corrected chi connectivity index (χ0v) is 16.2. The van der Waals surface area contributed by atoms with Crippen molar-refractivity contribution < 1.29 is 4.74 Å². The van der Waals surface area contributed by atoms with Crippen molar-refractivity contribution in [2.24, 2.45) is 7.05 Å². The van der Waals surface area contributed by atoms with Gasteiger partial charge in [-0.25, -0.2) is 4.98 Å². The molecular weight excluding hydrogens is 336 g/mol. The molecule has 2 aromatic carbocycles. The topological polar surface area (TPSA) is 44.9 Å². The minimum Gasteiger partial charge on any atom is -0.377 e. The van der Waals surface area contributed by atoms with E-state index >= 15 is 0 Å². The molecule has 0 bridgehead atoms. The highest BCUT2D eigenvalue weighted by Crippen LogP contribution is 2.26. The summed E-state index contributed by atoms with van der Waals surface area (Å²) in [5.74, 6) is 0.941. The number of imidazole rings is 1. The number of ether oxygens (including phenoxy) is 1. The van der Waals surface area contributed by atoms with Gasteiger partial charge >= 0.3 is 0 Å². The minimum absolute atomic E-state index is 0.488. The lowest BCUT2D eigenvalue weighted by molar-refractivity contribution is 0.175. The Kier molecular flexibility index (Phi) is 4.54. The fraction of sp³-hybridized carbons (Fsp3) is 0.273. The van der Waals surface area contributed by atoms with E-state index in [4.69, 9.17) is 9.72 Å². The third-order valence-corrected chi connectivity index (χ3v) is 4.97. The van der Waals surface area contributed by atoms with Crippen LogP contribution >= 0.6 is 0 Å². The fourth-order valence-electron chi connectivity index (χ4n) is 3.48. The predicted molar refractivity (Wildman–Crippen MR) is 108 cm³/mol. The van der Waals surface area contributed by atoms with Gasteiger partial charge in [-0.2, -0.15) is 5.10 Å². The molecule has 0 saturated carbocycles. The lowest BCUT2D eigenvalue weighted by Crippen LogP contribution is -2.07. The number of hydrogen-bond acceptors (Lipinski definition) is 3. The van der Waals surface area contributed by atoms with E-state index in [-0.39, 0.29) is 0 Å². The van der Waals surface area contributed by atoms with Crippen molar-refractivity contribution in [3.8, 4) is 11.1 Å². The van der Waals surface area contributed by atoms with E-state index in [0.717, 1.165) is 34.5 Å². The molecular formula is C22H24N4O. The first kappa shape index (κ1) is 17.5. The molecule has 0 amide bonds. The average molecular weight is 360 g/mol. The number of fused-ring (bicyclic) bond motifs is 1. The molecule has 4 aromatic rings. The Morgan fingerprint density at radius 1 is 1.04 bits per heavy atom. The van der Waals surface area contributed by atoms with Crippen molar-refractivity contribution in [2.75, 3.05) is 7.11 Å². The highest BCUT2D eigenvalue weighted by Gasteiger charge is 2.14. The molecule has 0 radical (unpaired) electrons. The molecule has 5 heteroatoms. The third-order valence-electron chi connectivity index (χ3n) is 4.97. The van der Waals surface area contributed by atoms with Crippen LogP contribution in [0.4, 0.5) is 0 Å². The average Bonchev–Trinajstić information content (AvgIpc) is 3.22. The van der Waals surface area contributed by atoms with Gasteiger partial charge in [-0.05, 0) is 42.7 Å². The second kappa shape index (κ2) is 7.00. The Balaban J connectivity index is 1.85. The summed E-state index contributed by atoms with van der Waals surface area (Å²) >= 11 is 0. The SMILES string of the molecule is COCc1nc2ccc(-c3cnn(C)c3)cc2n1Cc1cc(C)ccc1C. The van der Waals surface area contributed by atoms with Gasteiger partial charge in [0.15, 0.2) is 0 Å². The molecule has 0 aliphatic carbocycles. The number of nitrogens with zero attached hydrogens (tertiary/aromatic N) is 4. The highest BCUT2D eigenvalue weighted by molar-refractivity contribution is 5.82. The molecule has 0 saturated heterocycles. The van der Waals surface area contributed by atoms with E-state index < -0.39 is 0 Å². The molecule has 5 nitrogen and oxygen atoms in total. The van der Waals surface area contributed by atoms with E-state index in [9.17, 15) is 0 Å². The van der Waals surface area contributed by atoms with Crippen LogP contribution in [0.2, 0.25) is 0 Å². The Labute approximate surface area is 159 Å². The monoisotopic (exact) mass is 360 g/mol. The van der Waals surface area contributed by atoms with Crippen LogP contribution in [0.1, 0.15) is 22.5 Å². The van der Waals surface area contributed by atoms with Gasteiger partial charge in [0.05, 0.1) is 17.2 Å². The summed E-state index contributed by atoms with van der Waals surface area (Å²) in [4.78, 5) is 4.81. The summed E-state index contributed by atoms with van der Waals surface area (Å²) in [6.45, 7) is 5.55. The van der Waals surface area contributed by atoms with Crippen LogP contribution in [0.25, 0.3) is 22.2 Å². The van der Waals surface area contributed by atoms with Gasteiger partial charge in [0, 0.05) is 32.5 Å². The van der Waals surface area contributed by atoms with Crippen molar-refractivity contribution in [3.05, 3.63) is 71.3 Å². The van der Waals surface area contributed by atoms with Crippen LogP contribution in [0.15, 0.2) is 48.8 Å². The van der Waals surface area contributed by atoms with Crippen LogP contribution in [0.3, 0.4) is 0 Å². The predicted octanol–water partition coefficient (Wildman–Crippen LogP) is 4.25. The quantitative estimate of drug-likeness (QED) is 0.534. The summed E-state index contributed by atoms with van der Waals surface area (Å²) < 4.78 is 9.50. The first-order chi connectivity index (χ1) is 13.0. The normalized spacial score (nSPS) is 11.4. The summed E-state index contributed by atoms with van der Waals surface area (Å²) in [6.07, 6.45) is 3.92. The fourth-order valence-corrected chi connectivity index (χ4v) is 3.48. The van der Waals surface area contributed by atoms with Gasteiger partial charge in [0.25, 0.3) is 0 Å². The van der Waals surface area contributed by atoms with Crippen molar-refractivity contribution in [2.45, 2.75) is 27.0 Å². The molecule has 0 spiro atoms. The molecule has 0 N–H and O–H groups in total.